The van der Waals surface area contributed by atoms with Gasteiger partial charge in [0, 0.05) is 11.8 Å². The molecule has 0 radical (unpaired) electrons. The molecule has 0 fully saturated rings. The Morgan fingerprint density at radius 3 is 2.46 bits per heavy atom. The van der Waals surface area contributed by atoms with E-state index in [1.807, 2.05) is 30.3 Å². The predicted molar refractivity (Wildman–Crippen MR) is 110 cm³/mol. The third kappa shape index (κ3) is 4.60. The lowest BCUT2D eigenvalue weighted by molar-refractivity contribution is -0.148. The van der Waals surface area contributed by atoms with E-state index < -0.39 is 5.97 Å². The quantitative estimate of drug-likeness (QED) is 0.333. The van der Waals surface area contributed by atoms with E-state index in [9.17, 15) is 4.79 Å². The molecule has 0 unspecified atom stereocenters. The zero-order valence-electron chi connectivity index (χ0n) is 16.7. The third-order valence-electron chi connectivity index (χ3n) is 4.56. The van der Waals surface area contributed by atoms with Crippen LogP contribution < -0.4 is 0 Å². The van der Waals surface area contributed by atoms with Crippen LogP contribution in [0, 0.1) is 20.8 Å². The first-order valence-corrected chi connectivity index (χ1v) is 9.38. The Balaban J connectivity index is 1.93. The Labute approximate surface area is 164 Å². The highest BCUT2D eigenvalue weighted by atomic mass is 16.7. The lowest BCUT2D eigenvalue weighted by Gasteiger charge is -2.12. The van der Waals surface area contributed by atoms with E-state index in [1.165, 1.54) is 22.3 Å². The number of nitrogens with zero attached hydrogens (tertiary/aromatic N) is 1. The standard InChI is InChI=1S/C23H25NO4/c1-5-26-23(25)14-27-24-20(13-19-16(3)10-15(2)11-17(19)4)22-12-18-8-6-7-9-21(18)28-22/h6-12H,5,13-14H2,1-4H3/b24-20+. The van der Waals surface area contributed by atoms with Crippen molar-refractivity contribution in [3.05, 3.63) is 70.5 Å². The molecule has 3 aromatic rings. The average Bonchev–Trinajstić information content (AvgIpc) is 3.07. The number of hydrogen-bond acceptors (Lipinski definition) is 5. The summed E-state index contributed by atoms with van der Waals surface area (Å²) in [5.74, 6) is 0.183. The van der Waals surface area contributed by atoms with Gasteiger partial charge in [-0.1, -0.05) is 41.1 Å². The number of carbonyl (C=O) groups excluding carboxylic acids is 1. The Morgan fingerprint density at radius 2 is 1.79 bits per heavy atom. The number of aryl methyl sites for hydroxylation is 3. The van der Waals surface area contributed by atoms with Crippen molar-refractivity contribution in [2.75, 3.05) is 13.2 Å². The van der Waals surface area contributed by atoms with Gasteiger partial charge in [-0.2, -0.15) is 0 Å². The molecular weight excluding hydrogens is 354 g/mol. The molecule has 0 N–H and O–H groups in total. The smallest absolute Gasteiger partial charge is 0.347 e. The summed E-state index contributed by atoms with van der Waals surface area (Å²) >= 11 is 0. The van der Waals surface area contributed by atoms with Gasteiger partial charge in [0.05, 0.1) is 6.61 Å². The summed E-state index contributed by atoms with van der Waals surface area (Å²) in [4.78, 5) is 16.9. The van der Waals surface area contributed by atoms with E-state index in [2.05, 4.69) is 38.1 Å². The number of furan rings is 1. The molecule has 0 aliphatic rings. The molecule has 0 spiro atoms. The third-order valence-corrected chi connectivity index (χ3v) is 4.56. The molecule has 1 heterocycles. The van der Waals surface area contributed by atoms with Gasteiger partial charge in [0.15, 0.2) is 5.76 Å². The van der Waals surface area contributed by atoms with Crippen LogP contribution in [-0.2, 0) is 20.8 Å². The molecule has 0 saturated heterocycles. The topological polar surface area (TPSA) is 61.0 Å². The molecule has 0 saturated carbocycles. The lowest BCUT2D eigenvalue weighted by atomic mass is 9.95. The number of para-hydroxylation sites is 1. The van der Waals surface area contributed by atoms with Gasteiger partial charge >= 0.3 is 5.97 Å². The van der Waals surface area contributed by atoms with Crippen molar-refractivity contribution in [2.45, 2.75) is 34.1 Å². The van der Waals surface area contributed by atoms with Crippen LogP contribution in [0.2, 0.25) is 0 Å². The van der Waals surface area contributed by atoms with Crippen molar-refractivity contribution in [3.8, 4) is 0 Å². The molecule has 5 heteroatoms. The van der Waals surface area contributed by atoms with Gasteiger partial charge in [-0.25, -0.2) is 4.79 Å². The van der Waals surface area contributed by atoms with E-state index in [0.29, 0.717) is 24.5 Å². The van der Waals surface area contributed by atoms with Gasteiger partial charge < -0.3 is 14.0 Å². The molecule has 0 bridgehead atoms. The van der Waals surface area contributed by atoms with Crippen molar-refractivity contribution < 1.29 is 18.8 Å². The number of carbonyl (C=O) groups is 1. The summed E-state index contributed by atoms with van der Waals surface area (Å²) in [5.41, 5.74) is 6.19. The summed E-state index contributed by atoms with van der Waals surface area (Å²) in [7, 11) is 0. The molecule has 1 aromatic heterocycles. The average molecular weight is 379 g/mol. The van der Waals surface area contributed by atoms with Crippen LogP contribution in [0.25, 0.3) is 11.0 Å². The molecule has 5 nitrogen and oxygen atoms in total. The lowest BCUT2D eigenvalue weighted by Crippen LogP contribution is -2.13. The van der Waals surface area contributed by atoms with E-state index in [4.69, 9.17) is 14.0 Å². The number of esters is 1. The van der Waals surface area contributed by atoms with Crippen LogP contribution in [0.15, 0.2) is 52.0 Å². The second kappa shape index (κ2) is 8.74. The van der Waals surface area contributed by atoms with Crippen LogP contribution in [0.3, 0.4) is 0 Å². The molecular formula is C23H25NO4. The van der Waals surface area contributed by atoms with Crippen LogP contribution in [0.1, 0.15) is 34.9 Å². The van der Waals surface area contributed by atoms with Crippen LogP contribution >= 0.6 is 0 Å². The van der Waals surface area contributed by atoms with Gasteiger partial charge in [0.1, 0.15) is 11.3 Å². The Hall–Kier alpha value is -3.08. The van der Waals surface area contributed by atoms with Gasteiger partial charge in [-0.15, -0.1) is 0 Å². The number of fused-ring (bicyclic) bond motifs is 1. The van der Waals surface area contributed by atoms with Gasteiger partial charge in [0.25, 0.3) is 0 Å². The van der Waals surface area contributed by atoms with Gasteiger partial charge in [0.2, 0.25) is 6.61 Å². The fraction of sp³-hybridized carbons (Fsp3) is 0.304. The largest absolute Gasteiger partial charge is 0.463 e. The maximum absolute atomic E-state index is 11.6. The second-order valence-corrected chi connectivity index (χ2v) is 6.82. The van der Waals surface area contributed by atoms with Crippen LogP contribution in [-0.4, -0.2) is 24.9 Å². The highest BCUT2D eigenvalue weighted by Gasteiger charge is 2.16. The zero-order valence-corrected chi connectivity index (χ0v) is 16.7. The number of hydrogen-bond donors (Lipinski definition) is 0. The number of ether oxygens (including phenoxy) is 1. The molecule has 146 valence electrons. The first kappa shape index (κ1) is 19.7. The minimum atomic E-state index is -0.446. The van der Waals surface area contributed by atoms with Crippen molar-refractivity contribution in [2.24, 2.45) is 5.16 Å². The summed E-state index contributed by atoms with van der Waals surface area (Å²) < 4.78 is 10.9. The summed E-state index contributed by atoms with van der Waals surface area (Å²) in [6.45, 7) is 8.09. The van der Waals surface area contributed by atoms with Gasteiger partial charge in [-0.05, 0) is 56.5 Å². The molecule has 0 atom stereocenters. The fourth-order valence-electron chi connectivity index (χ4n) is 3.31. The minimum absolute atomic E-state index is 0.233. The van der Waals surface area contributed by atoms with E-state index in [-0.39, 0.29) is 6.61 Å². The van der Waals surface area contributed by atoms with Crippen molar-refractivity contribution >= 4 is 22.7 Å². The summed E-state index contributed by atoms with van der Waals surface area (Å²) in [6.07, 6.45) is 0.542. The minimum Gasteiger partial charge on any atom is -0.463 e. The highest BCUT2D eigenvalue weighted by Crippen LogP contribution is 2.23. The monoisotopic (exact) mass is 379 g/mol. The normalized spacial score (nSPS) is 11.6. The number of oxime groups is 1. The van der Waals surface area contributed by atoms with Crippen molar-refractivity contribution in [3.63, 3.8) is 0 Å². The summed E-state index contributed by atoms with van der Waals surface area (Å²) in [5, 5.41) is 5.23. The molecule has 2 aromatic carbocycles. The molecule has 28 heavy (non-hydrogen) atoms. The molecule has 0 aliphatic heterocycles. The van der Waals surface area contributed by atoms with E-state index in [0.717, 1.165) is 11.0 Å². The highest BCUT2D eigenvalue weighted by molar-refractivity contribution is 6.02. The Morgan fingerprint density at radius 1 is 1.07 bits per heavy atom. The maximum atomic E-state index is 11.6. The van der Waals surface area contributed by atoms with Crippen LogP contribution in [0.4, 0.5) is 0 Å². The molecule has 0 aliphatic carbocycles. The molecule has 3 rings (SSSR count). The summed E-state index contributed by atoms with van der Waals surface area (Å²) in [6, 6.07) is 14.0. The first-order valence-electron chi connectivity index (χ1n) is 9.38. The number of rotatable bonds is 7. The Kier molecular flexibility index (Phi) is 6.14. The van der Waals surface area contributed by atoms with Crippen molar-refractivity contribution in [1.82, 2.24) is 0 Å². The molecule has 0 amide bonds. The first-order chi connectivity index (χ1) is 13.5. The Bertz CT molecular complexity index is 960. The maximum Gasteiger partial charge on any atom is 0.347 e. The second-order valence-electron chi connectivity index (χ2n) is 6.82. The SMILES string of the molecule is CCOC(=O)CO/N=C(\Cc1c(C)cc(C)cc1C)c1cc2ccccc2o1. The van der Waals surface area contributed by atoms with Crippen LogP contribution in [0.5, 0.6) is 0 Å². The number of benzene rings is 2. The van der Waals surface area contributed by atoms with E-state index >= 15 is 0 Å². The van der Waals surface area contributed by atoms with E-state index in [1.54, 1.807) is 6.92 Å². The fourth-order valence-corrected chi connectivity index (χ4v) is 3.31. The van der Waals surface area contributed by atoms with Crippen molar-refractivity contribution in [1.29, 1.82) is 0 Å². The van der Waals surface area contributed by atoms with Gasteiger partial charge in [-0.3, -0.25) is 0 Å². The predicted octanol–water partition coefficient (Wildman–Crippen LogP) is 4.88. The zero-order chi connectivity index (χ0) is 20.1.